The molecule has 90 valence electrons. The van der Waals surface area contributed by atoms with Crippen molar-refractivity contribution in [1.82, 2.24) is 10.3 Å². The second kappa shape index (κ2) is 5.84. The Morgan fingerprint density at radius 1 is 1.35 bits per heavy atom. The first-order valence-corrected chi connectivity index (χ1v) is 5.98. The second-order valence-corrected chi connectivity index (χ2v) is 4.26. The van der Waals surface area contributed by atoms with Gasteiger partial charge in [-0.15, -0.1) is 0 Å². The number of rotatable bonds is 5. The SMILES string of the molecule is CNCCc1coc(Cc2ccccc2Cl)n1. The van der Waals surface area contributed by atoms with Crippen LogP contribution in [0.1, 0.15) is 17.1 Å². The van der Waals surface area contributed by atoms with Crippen LogP contribution < -0.4 is 5.32 Å². The normalized spacial score (nSPS) is 10.7. The fraction of sp³-hybridized carbons (Fsp3) is 0.308. The molecule has 2 rings (SSSR count). The van der Waals surface area contributed by atoms with Gasteiger partial charge in [0, 0.05) is 18.0 Å². The average Bonchev–Trinajstić information content (AvgIpc) is 2.77. The third-order valence-electron chi connectivity index (χ3n) is 2.53. The van der Waals surface area contributed by atoms with Crippen LogP contribution in [0.2, 0.25) is 5.02 Å². The molecule has 0 spiro atoms. The van der Waals surface area contributed by atoms with Gasteiger partial charge in [0.1, 0.15) is 6.26 Å². The van der Waals surface area contributed by atoms with E-state index < -0.39 is 0 Å². The number of oxazole rings is 1. The minimum absolute atomic E-state index is 0.638. The second-order valence-electron chi connectivity index (χ2n) is 3.85. The lowest BCUT2D eigenvalue weighted by Gasteiger charge is -1.99. The van der Waals surface area contributed by atoms with Crippen LogP contribution >= 0.6 is 11.6 Å². The van der Waals surface area contributed by atoms with Crippen molar-refractivity contribution < 1.29 is 4.42 Å². The number of benzene rings is 1. The summed E-state index contributed by atoms with van der Waals surface area (Å²) in [5, 5.41) is 3.83. The molecule has 3 nitrogen and oxygen atoms in total. The predicted molar refractivity (Wildman–Crippen MR) is 68.4 cm³/mol. The van der Waals surface area contributed by atoms with E-state index in [1.54, 1.807) is 6.26 Å². The van der Waals surface area contributed by atoms with Crippen LogP contribution in [0, 0.1) is 0 Å². The maximum Gasteiger partial charge on any atom is 0.198 e. The van der Waals surface area contributed by atoms with Gasteiger partial charge >= 0.3 is 0 Å². The Balaban J connectivity index is 2.04. The Kier molecular flexibility index (Phi) is 4.18. The molecule has 0 aliphatic rings. The van der Waals surface area contributed by atoms with Gasteiger partial charge in [-0.2, -0.15) is 0 Å². The quantitative estimate of drug-likeness (QED) is 0.887. The molecule has 1 N–H and O–H groups in total. The molecule has 0 radical (unpaired) electrons. The maximum atomic E-state index is 6.09. The van der Waals surface area contributed by atoms with Gasteiger partial charge in [-0.3, -0.25) is 0 Å². The van der Waals surface area contributed by atoms with Crippen LogP contribution in [0.15, 0.2) is 34.9 Å². The summed E-state index contributed by atoms with van der Waals surface area (Å²) < 4.78 is 5.42. The number of aromatic nitrogens is 1. The van der Waals surface area contributed by atoms with E-state index >= 15 is 0 Å². The molecule has 1 aromatic heterocycles. The summed E-state index contributed by atoms with van der Waals surface area (Å²) in [6, 6.07) is 7.74. The molecule has 17 heavy (non-hydrogen) atoms. The molecular weight excluding hydrogens is 236 g/mol. The van der Waals surface area contributed by atoms with Crippen molar-refractivity contribution in [3.63, 3.8) is 0 Å². The third-order valence-corrected chi connectivity index (χ3v) is 2.90. The maximum absolute atomic E-state index is 6.09. The van der Waals surface area contributed by atoms with Crippen molar-refractivity contribution in [2.24, 2.45) is 0 Å². The van der Waals surface area contributed by atoms with Crippen molar-refractivity contribution in [3.05, 3.63) is 52.7 Å². The number of hydrogen-bond acceptors (Lipinski definition) is 3. The zero-order chi connectivity index (χ0) is 12.1. The highest BCUT2D eigenvalue weighted by atomic mass is 35.5. The lowest BCUT2D eigenvalue weighted by molar-refractivity contribution is 0.506. The molecule has 0 aliphatic carbocycles. The van der Waals surface area contributed by atoms with E-state index in [0.29, 0.717) is 12.3 Å². The highest BCUT2D eigenvalue weighted by molar-refractivity contribution is 6.31. The molecular formula is C13H15ClN2O. The van der Waals surface area contributed by atoms with Gasteiger partial charge in [0.25, 0.3) is 0 Å². The fourth-order valence-corrected chi connectivity index (χ4v) is 1.81. The summed E-state index contributed by atoms with van der Waals surface area (Å²) in [6.07, 6.45) is 3.23. The Morgan fingerprint density at radius 2 is 2.18 bits per heavy atom. The zero-order valence-electron chi connectivity index (χ0n) is 9.74. The van der Waals surface area contributed by atoms with E-state index in [0.717, 1.165) is 29.2 Å². The zero-order valence-corrected chi connectivity index (χ0v) is 10.5. The molecule has 0 fully saturated rings. The Bertz CT molecular complexity index is 482. The molecule has 2 aromatic rings. The number of halogens is 1. The molecule has 1 heterocycles. The van der Waals surface area contributed by atoms with E-state index in [2.05, 4.69) is 10.3 Å². The van der Waals surface area contributed by atoms with E-state index in [1.165, 1.54) is 0 Å². The number of likely N-dealkylation sites (N-methyl/N-ethyl adjacent to an activating group) is 1. The molecule has 0 amide bonds. The van der Waals surface area contributed by atoms with Gasteiger partial charge < -0.3 is 9.73 Å². The summed E-state index contributed by atoms with van der Waals surface area (Å²) in [5.74, 6) is 0.712. The average molecular weight is 251 g/mol. The van der Waals surface area contributed by atoms with Crippen LogP contribution in [0.3, 0.4) is 0 Å². The third kappa shape index (κ3) is 3.32. The molecule has 0 bridgehead atoms. The van der Waals surface area contributed by atoms with Gasteiger partial charge in [0.2, 0.25) is 0 Å². The monoisotopic (exact) mass is 250 g/mol. The van der Waals surface area contributed by atoms with Crippen LogP contribution in [-0.4, -0.2) is 18.6 Å². The minimum Gasteiger partial charge on any atom is -0.448 e. The van der Waals surface area contributed by atoms with Gasteiger partial charge in [-0.25, -0.2) is 4.98 Å². The first-order valence-electron chi connectivity index (χ1n) is 5.61. The van der Waals surface area contributed by atoms with Crippen LogP contribution in [-0.2, 0) is 12.8 Å². The first kappa shape index (κ1) is 12.1. The smallest absolute Gasteiger partial charge is 0.198 e. The fourth-order valence-electron chi connectivity index (χ4n) is 1.60. The van der Waals surface area contributed by atoms with Crippen molar-refractivity contribution in [3.8, 4) is 0 Å². The number of nitrogens with zero attached hydrogens (tertiary/aromatic N) is 1. The number of hydrogen-bond donors (Lipinski definition) is 1. The van der Waals surface area contributed by atoms with Crippen molar-refractivity contribution >= 4 is 11.6 Å². The largest absolute Gasteiger partial charge is 0.448 e. The Morgan fingerprint density at radius 3 is 2.94 bits per heavy atom. The van der Waals surface area contributed by atoms with E-state index in [-0.39, 0.29) is 0 Å². The molecule has 1 aromatic carbocycles. The molecule has 0 saturated carbocycles. The summed E-state index contributed by atoms with van der Waals surface area (Å²) in [5.41, 5.74) is 2.01. The van der Waals surface area contributed by atoms with Gasteiger partial charge in [-0.1, -0.05) is 29.8 Å². The lowest BCUT2D eigenvalue weighted by Crippen LogP contribution is -2.10. The molecule has 0 unspecified atom stereocenters. The van der Waals surface area contributed by atoms with Crippen LogP contribution in [0.5, 0.6) is 0 Å². The van der Waals surface area contributed by atoms with Gasteiger partial charge in [0.15, 0.2) is 5.89 Å². The summed E-state index contributed by atoms with van der Waals surface area (Å²) in [4.78, 5) is 4.42. The topological polar surface area (TPSA) is 38.1 Å². The molecule has 0 atom stereocenters. The van der Waals surface area contributed by atoms with E-state index in [9.17, 15) is 0 Å². The highest BCUT2D eigenvalue weighted by Gasteiger charge is 2.06. The molecule has 0 aliphatic heterocycles. The molecule has 0 saturated heterocycles. The van der Waals surface area contributed by atoms with Crippen molar-refractivity contribution in [2.45, 2.75) is 12.8 Å². The number of nitrogens with one attached hydrogen (secondary N) is 1. The van der Waals surface area contributed by atoms with E-state index in [4.69, 9.17) is 16.0 Å². The Hall–Kier alpha value is -1.32. The van der Waals surface area contributed by atoms with E-state index in [1.807, 2.05) is 31.3 Å². The summed E-state index contributed by atoms with van der Waals surface area (Å²) in [6.45, 7) is 0.901. The highest BCUT2D eigenvalue weighted by Crippen LogP contribution is 2.18. The van der Waals surface area contributed by atoms with Crippen LogP contribution in [0.25, 0.3) is 0 Å². The van der Waals surface area contributed by atoms with Crippen molar-refractivity contribution in [2.75, 3.05) is 13.6 Å². The Labute approximate surface area is 106 Å². The van der Waals surface area contributed by atoms with Gasteiger partial charge in [-0.05, 0) is 18.7 Å². The van der Waals surface area contributed by atoms with Crippen molar-refractivity contribution in [1.29, 1.82) is 0 Å². The lowest BCUT2D eigenvalue weighted by atomic mass is 10.1. The minimum atomic E-state index is 0.638. The van der Waals surface area contributed by atoms with Crippen LogP contribution in [0.4, 0.5) is 0 Å². The first-order chi connectivity index (χ1) is 8.29. The summed E-state index contributed by atoms with van der Waals surface area (Å²) in [7, 11) is 1.92. The summed E-state index contributed by atoms with van der Waals surface area (Å²) >= 11 is 6.09. The predicted octanol–water partition coefficient (Wildman–Crippen LogP) is 2.68. The van der Waals surface area contributed by atoms with Gasteiger partial charge in [0.05, 0.1) is 12.1 Å². The molecule has 4 heteroatoms. The standard InChI is InChI=1S/C13H15ClN2O/c1-15-7-6-11-9-17-13(16-11)8-10-4-2-3-5-12(10)14/h2-5,9,15H,6-8H2,1H3.